The van der Waals surface area contributed by atoms with E-state index >= 15 is 0 Å². The zero-order chi connectivity index (χ0) is 21.3. The summed E-state index contributed by atoms with van der Waals surface area (Å²) in [5.41, 5.74) is 2.88. The average Bonchev–Trinajstić information content (AvgIpc) is 3.13. The lowest BCUT2D eigenvalue weighted by Gasteiger charge is -2.42. The number of hydrogen-bond donors (Lipinski definition) is 1. The maximum absolute atomic E-state index is 12.5. The number of piperazine rings is 1. The Morgan fingerprint density at radius 3 is 2.53 bits per heavy atom. The van der Waals surface area contributed by atoms with E-state index in [4.69, 9.17) is 0 Å². The van der Waals surface area contributed by atoms with Gasteiger partial charge in [0.05, 0.1) is 18.3 Å². The van der Waals surface area contributed by atoms with Crippen LogP contribution >= 0.6 is 0 Å². The first kappa shape index (κ1) is 20.6. The van der Waals surface area contributed by atoms with Crippen molar-refractivity contribution in [2.75, 3.05) is 38.0 Å². The molecule has 1 saturated heterocycles. The molecule has 0 spiro atoms. The van der Waals surface area contributed by atoms with Gasteiger partial charge in [0.2, 0.25) is 5.91 Å². The van der Waals surface area contributed by atoms with Gasteiger partial charge in [-0.1, -0.05) is 11.3 Å². The van der Waals surface area contributed by atoms with Crippen LogP contribution in [0.3, 0.4) is 0 Å². The highest BCUT2D eigenvalue weighted by Crippen LogP contribution is 2.24. The summed E-state index contributed by atoms with van der Waals surface area (Å²) in [5.74, 6) is 0.417. The van der Waals surface area contributed by atoms with Gasteiger partial charge in [-0.15, -0.1) is 10.2 Å². The van der Waals surface area contributed by atoms with Gasteiger partial charge in [-0.05, 0) is 23.8 Å². The minimum Gasteiger partial charge on any atom is -0.318 e. The molecule has 152 valence electrons. The number of rotatable bonds is 5. The Morgan fingerprint density at radius 1 is 1.10 bits per heavy atom. The van der Waals surface area contributed by atoms with Gasteiger partial charge >= 0.3 is 0 Å². The molecule has 1 aliphatic rings. The molecule has 0 bridgehead atoms. The number of nitrogens with one attached hydrogen (secondary N) is 1. The fraction of sp³-hybridized carbons (Fsp3) is 0.368. The fourth-order valence-electron chi connectivity index (χ4n) is 3.82. The predicted octanol–water partition coefficient (Wildman–Crippen LogP) is -1.90. The summed E-state index contributed by atoms with van der Waals surface area (Å²) in [7, 11) is 8.58. The van der Waals surface area contributed by atoms with Crippen LogP contribution in [0.25, 0.3) is 22.0 Å². The number of aryl methyl sites for hydroxylation is 1. The summed E-state index contributed by atoms with van der Waals surface area (Å²) in [6.45, 7) is 4.10. The molecule has 0 aliphatic carbocycles. The van der Waals surface area contributed by atoms with Crippen molar-refractivity contribution in [3.05, 3.63) is 36.7 Å². The zero-order valence-corrected chi connectivity index (χ0v) is 18.1. The molecule has 0 unspecified atom stereocenters. The van der Waals surface area contributed by atoms with Gasteiger partial charge in [0.25, 0.3) is 0 Å². The van der Waals surface area contributed by atoms with Crippen LogP contribution in [0, 0.1) is 0 Å². The molecule has 1 N–H and O–H groups in total. The second-order valence-corrected chi connectivity index (χ2v) is 8.89. The minimum absolute atomic E-state index is 0.0590. The van der Waals surface area contributed by atoms with Gasteiger partial charge in [0.1, 0.15) is 23.5 Å². The molecule has 1 amide bonds. The molecule has 4 rings (SSSR count). The normalized spacial score (nSPS) is 16.0. The highest BCUT2D eigenvalue weighted by molar-refractivity contribution is 6.59. The van der Waals surface area contributed by atoms with E-state index in [-0.39, 0.29) is 11.1 Å². The molecule has 1 aromatic carbocycles. The second kappa shape index (κ2) is 8.24. The van der Waals surface area contributed by atoms with Gasteiger partial charge in [-0.25, -0.2) is 0 Å². The summed E-state index contributed by atoms with van der Waals surface area (Å²) in [6, 6.07) is 7.86. The van der Waals surface area contributed by atoms with Crippen LogP contribution in [-0.4, -0.2) is 97.2 Å². The van der Waals surface area contributed by atoms with Crippen LogP contribution in [-0.2, 0) is 11.8 Å². The summed E-state index contributed by atoms with van der Waals surface area (Å²) < 4.78 is 1.78. The fourth-order valence-corrected chi connectivity index (χ4v) is 3.82. The molecule has 0 atom stereocenters. The van der Waals surface area contributed by atoms with Crippen LogP contribution in [0.1, 0.15) is 0 Å². The number of benzene rings is 1. The third-order valence-corrected chi connectivity index (χ3v) is 5.58. The monoisotopic (exact) mass is 401 g/mol. The van der Waals surface area contributed by atoms with Crippen LogP contribution in [0.4, 0.5) is 5.82 Å². The molecule has 1 fully saturated rings. The highest BCUT2D eigenvalue weighted by Gasteiger charge is 2.26. The van der Waals surface area contributed by atoms with Crippen molar-refractivity contribution in [3.8, 4) is 11.1 Å². The van der Waals surface area contributed by atoms with Crippen molar-refractivity contribution in [2.45, 2.75) is 5.24 Å². The molecule has 11 heteroatoms. The van der Waals surface area contributed by atoms with Gasteiger partial charge in [-0.3, -0.25) is 14.4 Å². The lowest BCUT2D eigenvalue weighted by molar-refractivity contribution is -0.117. The highest BCUT2D eigenvalue weighted by atomic mass is 16.2. The Kier molecular flexibility index (Phi) is 5.66. The van der Waals surface area contributed by atoms with Crippen molar-refractivity contribution in [3.63, 3.8) is 0 Å². The SMILES string of the molecule is BC(B)(B)N1CCN(CC(=O)Nc2cc3cc(-c4cnn(C)c4)ccc3nn2)CC1. The number of anilines is 1. The van der Waals surface area contributed by atoms with Crippen molar-refractivity contribution in [1.82, 2.24) is 29.8 Å². The maximum atomic E-state index is 12.5. The third-order valence-electron chi connectivity index (χ3n) is 5.58. The van der Waals surface area contributed by atoms with Crippen molar-refractivity contribution < 1.29 is 4.79 Å². The van der Waals surface area contributed by atoms with Crippen LogP contribution in [0.5, 0.6) is 0 Å². The molecule has 3 aromatic rings. The largest absolute Gasteiger partial charge is 0.318 e. The molecule has 0 radical (unpaired) electrons. The van der Waals surface area contributed by atoms with Crippen molar-refractivity contribution in [2.24, 2.45) is 7.05 Å². The molecule has 0 saturated carbocycles. The zero-order valence-electron chi connectivity index (χ0n) is 18.1. The lowest BCUT2D eigenvalue weighted by Crippen LogP contribution is -2.59. The number of carbonyl (C=O) groups excluding carboxylic acids is 1. The second-order valence-electron chi connectivity index (χ2n) is 8.89. The Labute approximate surface area is 179 Å². The van der Waals surface area contributed by atoms with Gasteiger partial charge in [0, 0.05) is 50.4 Å². The van der Waals surface area contributed by atoms with E-state index in [0.29, 0.717) is 12.4 Å². The Bertz CT molecular complexity index is 1060. The average molecular weight is 401 g/mol. The summed E-state index contributed by atoms with van der Waals surface area (Å²) in [6.07, 6.45) is 3.80. The topological polar surface area (TPSA) is 79.2 Å². The van der Waals surface area contributed by atoms with Gasteiger partial charge in [0.15, 0.2) is 5.82 Å². The van der Waals surface area contributed by atoms with Crippen LogP contribution in [0.15, 0.2) is 36.7 Å². The van der Waals surface area contributed by atoms with Gasteiger partial charge < -0.3 is 10.2 Å². The van der Waals surface area contributed by atoms with E-state index in [1.54, 1.807) is 4.68 Å². The van der Waals surface area contributed by atoms with E-state index in [1.807, 2.05) is 43.7 Å². The Morgan fingerprint density at radius 2 is 1.87 bits per heavy atom. The van der Waals surface area contributed by atoms with E-state index in [2.05, 4.69) is 54.0 Å². The summed E-state index contributed by atoms with van der Waals surface area (Å²) in [5, 5.41) is 16.6. The summed E-state index contributed by atoms with van der Waals surface area (Å²) >= 11 is 0. The molecule has 3 heterocycles. The van der Waals surface area contributed by atoms with Crippen molar-refractivity contribution >= 4 is 46.2 Å². The van der Waals surface area contributed by atoms with E-state index in [0.717, 1.165) is 48.2 Å². The van der Waals surface area contributed by atoms with Crippen molar-refractivity contribution in [1.29, 1.82) is 0 Å². The van der Waals surface area contributed by atoms with Gasteiger partial charge in [-0.2, -0.15) is 5.10 Å². The number of carbonyl (C=O) groups is 1. The first-order chi connectivity index (χ1) is 14.3. The Hall–Kier alpha value is -2.65. The van der Waals surface area contributed by atoms with Crippen LogP contribution in [0.2, 0.25) is 0 Å². The smallest absolute Gasteiger partial charge is 0.239 e. The molecule has 2 aromatic heterocycles. The number of fused-ring (bicyclic) bond motifs is 1. The van der Waals surface area contributed by atoms with E-state index in [9.17, 15) is 4.79 Å². The van der Waals surface area contributed by atoms with E-state index < -0.39 is 0 Å². The van der Waals surface area contributed by atoms with E-state index in [1.165, 1.54) is 0 Å². The molecule has 1 aliphatic heterocycles. The number of nitrogens with zero attached hydrogens (tertiary/aromatic N) is 6. The summed E-state index contributed by atoms with van der Waals surface area (Å²) in [4.78, 5) is 17.2. The standard InChI is InChI=1S/C19H26B3N7O/c1-27-11-15(10-23-27)13-2-3-16-14(8-13)9-17(26-25-16)24-18(30)12-28-4-6-29(7-5-28)19(20,21)22/h2-3,8-11H,4-7,12,20-22H2,1H3,(H,24,26,30). The number of hydrogen-bond acceptors (Lipinski definition) is 6. The quantitative estimate of drug-likeness (QED) is 0.504. The first-order valence-electron chi connectivity index (χ1n) is 10.3. The van der Waals surface area contributed by atoms with Crippen LogP contribution < -0.4 is 5.32 Å². The first-order valence-corrected chi connectivity index (χ1v) is 10.3. The number of aromatic nitrogens is 4. The lowest BCUT2D eigenvalue weighted by atomic mass is 9.48. The molecular weight excluding hydrogens is 375 g/mol. The third kappa shape index (κ3) is 4.74. The molecule has 8 nitrogen and oxygen atoms in total. The maximum Gasteiger partial charge on any atom is 0.239 e. The Balaban J connectivity index is 1.40. The predicted molar refractivity (Wildman–Crippen MR) is 127 cm³/mol. The number of amides is 1. The minimum atomic E-state index is -0.0590. The molecule has 30 heavy (non-hydrogen) atoms. The molecular formula is C19H26B3N7O.